The molecule has 2 nitrogen and oxygen atoms in total. The van der Waals surface area contributed by atoms with Gasteiger partial charge in [0.05, 0.1) is 6.04 Å². The van der Waals surface area contributed by atoms with Gasteiger partial charge in [-0.15, -0.1) is 0 Å². The Hall–Kier alpha value is -0.760. The van der Waals surface area contributed by atoms with Crippen molar-refractivity contribution in [2.24, 2.45) is 17.8 Å². The zero-order chi connectivity index (χ0) is 11.8. The molecule has 1 aromatic heterocycles. The number of hydrogen-bond donors (Lipinski definition) is 1. The third kappa shape index (κ3) is 2.03. The van der Waals surface area contributed by atoms with Gasteiger partial charge in [-0.2, -0.15) is 0 Å². The van der Waals surface area contributed by atoms with E-state index < -0.39 is 0 Å². The van der Waals surface area contributed by atoms with Crippen LogP contribution in [-0.4, -0.2) is 6.54 Å². The molecule has 3 rings (SSSR count). The molecule has 1 N–H and O–H groups in total. The first-order chi connectivity index (χ1) is 8.31. The van der Waals surface area contributed by atoms with Crippen molar-refractivity contribution >= 4 is 0 Å². The van der Waals surface area contributed by atoms with Crippen LogP contribution in [0.3, 0.4) is 0 Å². The van der Waals surface area contributed by atoms with Crippen LogP contribution < -0.4 is 5.32 Å². The minimum Gasteiger partial charge on any atom is -0.465 e. The van der Waals surface area contributed by atoms with E-state index in [4.69, 9.17) is 4.42 Å². The Bertz CT molecular complexity index is 374. The Kier molecular flexibility index (Phi) is 2.99. The fourth-order valence-electron chi connectivity index (χ4n) is 3.72. The molecule has 0 radical (unpaired) electrons. The first kappa shape index (κ1) is 11.3. The smallest absolute Gasteiger partial charge is 0.121 e. The predicted octanol–water partition coefficient (Wildman–Crippen LogP) is 3.67. The Morgan fingerprint density at radius 2 is 2.12 bits per heavy atom. The van der Waals surface area contributed by atoms with Gasteiger partial charge in [0.1, 0.15) is 11.5 Å². The third-order valence-electron chi connectivity index (χ3n) is 4.54. The fraction of sp³-hybridized carbons (Fsp3) is 0.733. The maximum absolute atomic E-state index is 5.85. The molecule has 0 bridgehead atoms. The van der Waals surface area contributed by atoms with Crippen molar-refractivity contribution in [2.75, 3.05) is 6.54 Å². The molecular weight excluding hydrogens is 210 g/mol. The fourth-order valence-corrected chi connectivity index (χ4v) is 3.72. The van der Waals surface area contributed by atoms with E-state index in [9.17, 15) is 0 Å². The third-order valence-corrected chi connectivity index (χ3v) is 4.54. The molecule has 0 aliphatic heterocycles. The van der Waals surface area contributed by atoms with Crippen LogP contribution in [0.25, 0.3) is 0 Å². The summed E-state index contributed by atoms with van der Waals surface area (Å²) in [5.41, 5.74) is 0. The molecule has 2 saturated carbocycles. The van der Waals surface area contributed by atoms with Crippen molar-refractivity contribution in [2.45, 2.75) is 45.6 Å². The maximum atomic E-state index is 5.85. The second-order valence-corrected chi connectivity index (χ2v) is 5.72. The molecule has 1 aromatic rings. The Morgan fingerprint density at radius 1 is 1.35 bits per heavy atom. The lowest BCUT2D eigenvalue weighted by atomic mass is 10.0. The zero-order valence-electron chi connectivity index (χ0n) is 10.9. The van der Waals surface area contributed by atoms with Gasteiger partial charge in [0.15, 0.2) is 0 Å². The van der Waals surface area contributed by atoms with Crippen LogP contribution in [0, 0.1) is 24.7 Å². The maximum Gasteiger partial charge on any atom is 0.121 e. The van der Waals surface area contributed by atoms with E-state index in [0.29, 0.717) is 6.04 Å². The lowest BCUT2D eigenvalue weighted by molar-refractivity contribution is 0.343. The van der Waals surface area contributed by atoms with E-state index in [0.717, 1.165) is 35.8 Å². The Balaban J connectivity index is 1.73. The average Bonchev–Trinajstić information content (AvgIpc) is 2.73. The second kappa shape index (κ2) is 4.49. The number of rotatable bonds is 5. The summed E-state index contributed by atoms with van der Waals surface area (Å²) < 4.78 is 5.85. The normalized spacial score (nSPS) is 32.5. The van der Waals surface area contributed by atoms with Crippen LogP contribution in [-0.2, 0) is 0 Å². The minimum absolute atomic E-state index is 0.471. The second-order valence-electron chi connectivity index (χ2n) is 5.72. The summed E-state index contributed by atoms with van der Waals surface area (Å²) in [7, 11) is 0. The molecule has 3 unspecified atom stereocenters. The highest BCUT2D eigenvalue weighted by atomic mass is 16.3. The molecule has 2 aliphatic rings. The summed E-state index contributed by atoms with van der Waals surface area (Å²) in [5.74, 6) is 5.01. The monoisotopic (exact) mass is 233 g/mol. The molecule has 0 amide bonds. The van der Waals surface area contributed by atoms with E-state index in [-0.39, 0.29) is 0 Å². The van der Waals surface area contributed by atoms with Gasteiger partial charge in [0.2, 0.25) is 0 Å². The summed E-state index contributed by atoms with van der Waals surface area (Å²) in [4.78, 5) is 0. The number of nitrogens with one attached hydrogen (secondary N) is 1. The van der Waals surface area contributed by atoms with E-state index in [1.54, 1.807) is 0 Å². The van der Waals surface area contributed by atoms with Crippen molar-refractivity contribution in [1.29, 1.82) is 0 Å². The molecule has 0 aromatic carbocycles. The number of fused-ring (bicyclic) bond motifs is 1. The number of aryl methyl sites for hydroxylation is 1. The van der Waals surface area contributed by atoms with Gasteiger partial charge in [0.25, 0.3) is 0 Å². The van der Waals surface area contributed by atoms with E-state index in [1.165, 1.54) is 25.7 Å². The largest absolute Gasteiger partial charge is 0.465 e. The molecule has 17 heavy (non-hydrogen) atoms. The first-order valence-electron chi connectivity index (χ1n) is 7.11. The van der Waals surface area contributed by atoms with Crippen molar-refractivity contribution in [3.63, 3.8) is 0 Å². The Morgan fingerprint density at radius 3 is 2.71 bits per heavy atom. The van der Waals surface area contributed by atoms with Gasteiger partial charge < -0.3 is 9.73 Å². The molecule has 3 atom stereocenters. The standard InChI is InChI=1S/C15H23NO/c1-3-9-16-15(13-8-7-10(2)17-13)14-11-5-4-6-12(11)14/h7-8,11-12,14-16H,3-6,9H2,1-2H3. The van der Waals surface area contributed by atoms with Crippen LogP contribution >= 0.6 is 0 Å². The van der Waals surface area contributed by atoms with Crippen molar-refractivity contribution in [3.05, 3.63) is 23.7 Å². The van der Waals surface area contributed by atoms with Crippen LogP contribution in [0.4, 0.5) is 0 Å². The predicted molar refractivity (Wildman–Crippen MR) is 68.8 cm³/mol. The first-order valence-corrected chi connectivity index (χ1v) is 7.11. The van der Waals surface area contributed by atoms with Gasteiger partial charge >= 0.3 is 0 Å². The van der Waals surface area contributed by atoms with E-state index >= 15 is 0 Å². The highest BCUT2D eigenvalue weighted by molar-refractivity contribution is 5.17. The quantitative estimate of drug-likeness (QED) is 0.839. The zero-order valence-corrected chi connectivity index (χ0v) is 10.9. The Labute approximate surface area is 104 Å². The van der Waals surface area contributed by atoms with Crippen molar-refractivity contribution in [1.82, 2.24) is 5.32 Å². The van der Waals surface area contributed by atoms with Gasteiger partial charge in [-0.05, 0) is 62.6 Å². The van der Waals surface area contributed by atoms with E-state index in [1.807, 2.05) is 6.92 Å². The molecule has 0 saturated heterocycles. The van der Waals surface area contributed by atoms with Crippen molar-refractivity contribution < 1.29 is 4.42 Å². The molecule has 2 aliphatic carbocycles. The molecule has 1 heterocycles. The van der Waals surface area contributed by atoms with Gasteiger partial charge in [-0.25, -0.2) is 0 Å². The number of hydrogen-bond acceptors (Lipinski definition) is 2. The van der Waals surface area contributed by atoms with Crippen LogP contribution in [0.15, 0.2) is 16.5 Å². The van der Waals surface area contributed by atoms with Crippen LogP contribution in [0.2, 0.25) is 0 Å². The molecule has 2 heteroatoms. The lowest BCUT2D eigenvalue weighted by Crippen LogP contribution is -2.25. The molecule has 0 spiro atoms. The number of furan rings is 1. The van der Waals surface area contributed by atoms with Gasteiger partial charge in [0, 0.05) is 0 Å². The van der Waals surface area contributed by atoms with Crippen LogP contribution in [0.5, 0.6) is 0 Å². The van der Waals surface area contributed by atoms with Crippen LogP contribution in [0.1, 0.15) is 50.2 Å². The highest BCUT2D eigenvalue weighted by Gasteiger charge is 2.56. The van der Waals surface area contributed by atoms with Crippen molar-refractivity contribution in [3.8, 4) is 0 Å². The summed E-state index contributed by atoms with van der Waals surface area (Å²) in [6.45, 7) is 5.36. The average molecular weight is 233 g/mol. The minimum atomic E-state index is 0.471. The molecule has 2 fully saturated rings. The summed E-state index contributed by atoms with van der Waals surface area (Å²) in [5, 5.41) is 3.70. The summed E-state index contributed by atoms with van der Waals surface area (Å²) >= 11 is 0. The molecule has 94 valence electrons. The lowest BCUT2D eigenvalue weighted by Gasteiger charge is -2.18. The summed E-state index contributed by atoms with van der Waals surface area (Å²) in [6, 6.07) is 4.73. The highest BCUT2D eigenvalue weighted by Crippen LogP contribution is 2.62. The topological polar surface area (TPSA) is 25.2 Å². The van der Waals surface area contributed by atoms with Gasteiger partial charge in [-0.1, -0.05) is 13.3 Å². The molecular formula is C15H23NO. The summed E-state index contributed by atoms with van der Waals surface area (Å²) in [6.07, 6.45) is 5.53. The SMILES string of the molecule is CCCNC(c1ccc(C)o1)C1C2CCCC21. The van der Waals surface area contributed by atoms with E-state index in [2.05, 4.69) is 24.4 Å². The van der Waals surface area contributed by atoms with Gasteiger partial charge in [-0.3, -0.25) is 0 Å².